The lowest BCUT2D eigenvalue weighted by Crippen LogP contribution is -2.29. The van der Waals surface area contributed by atoms with Gasteiger partial charge in [0.25, 0.3) is 5.91 Å². The highest BCUT2D eigenvalue weighted by molar-refractivity contribution is 5.90. The van der Waals surface area contributed by atoms with Crippen LogP contribution in [0.25, 0.3) is 6.08 Å². The summed E-state index contributed by atoms with van der Waals surface area (Å²) in [4.78, 5) is 22.3. The van der Waals surface area contributed by atoms with Crippen molar-refractivity contribution in [3.63, 3.8) is 0 Å². The summed E-state index contributed by atoms with van der Waals surface area (Å²) >= 11 is 0. The molecule has 1 aromatic rings. The number of carbonyl (C=O) groups is 2. The van der Waals surface area contributed by atoms with Crippen molar-refractivity contribution >= 4 is 18.0 Å². The fraction of sp³-hybridized carbons (Fsp3) is 0.375. The number of hydrogen-bond acceptors (Lipinski definition) is 5. The first-order valence-electron chi connectivity index (χ1n) is 6.86. The molecule has 0 aliphatic carbocycles. The minimum Gasteiger partial charge on any atom is -0.493 e. The van der Waals surface area contributed by atoms with Gasteiger partial charge in [0.05, 0.1) is 13.2 Å². The molecule has 1 aromatic carbocycles. The van der Waals surface area contributed by atoms with Gasteiger partial charge in [0.2, 0.25) is 0 Å². The van der Waals surface area contributed by atoms with Crippen molar-refractivity contribution in [3.8, 4) is 11.5 Å². The van der Waals surface area contributed by atoms with Crippen LogP contribution in [0.1, 0.15) is 26.3 Å². The SMILES string of the molecule is COc1cc(/C=C/C(=O)O[C@@H](C)C(N)=O)ccc1OC(C)C. The Bertz CT molecular complexity index is 566. The highest BCUT2D eigenvalue weighted by Crippen LogP contribution is 2.29. The number of esters is 1. The largest absolute Gasteiger partial charge is 0.493 e. The topological polar surface area (TPSA) is 87.9 Å². The molecule has 22 heavy (non-hydrogen) atoms. The Morgan fingerprint density at radius 2 is 1.86 bits per heavy atom. The fourth-order valence-electron chi connectivity index (χ4n) is 1.58. The number of nitrogens with two attached hydrogens (primary N) is 1. The maximum Gasteiger partial charge on any atom is 0.331 e. The van der Waals surface area contributed by atoms with Crippen molar-refractivity contribution in [2.45, 2.75) is 33.0 Å². The van der Waals surface area contributed by atoms with E-state index in [2.05, 4.69) is 0 Å². The molecule has 6 heteroatoms. The van der Waals surface area contributed by atoms with Crippen molar-refractivity contribution in [1.29, 1.82) is 0 Å². The number of benzene rings is 1. The highest BCUT2D eigenvalue weighted by atomic mass is 16.5. The van der Waals surface area contributed by atoms with Crippen molar-refractivity contribution in [2.24, 2.45) is 5.73 Å². The smallest absolute Gasteiger partial charge is 0.331 e. The van der Waals surface area contributed by atoms with Crippen LogP contribution in [-0.2, 0) is 14.3 Å². The van der Waals surface area contributed by atoms with Gasteiger partial charge in [-0.15, -0.1) is 0 Å². The normalized spacial score (nSPS) is 12.2. The fourth-order valence-corrected chi connectivity index (χ4v) is 1.58. The molecule has 0 aromatic heterocycles. The number of methoxy groups -OCH3 is 1. The van der Waals surface area contributed by atoms with Crippen molar-refractivity contribution < 1.29 is 23.8 Å². The summed E-state index contributed by atoms with van der Waals surface area (Å²) in [6.07, 6.45) is 1.84. The van der Waals surface area contributed by atoms with E-state index < -0.39 is 18.0 Å². The van der Waals surface area contributed by atoms with E-state index in [9.17, 15) is 9.59 Å². The highest BCUT2D eigenvalue weighted by Gasteiger charge is 2.12. The monoisotopic (exact) mass is 307 g/mol. The van der Waals surface area contributed by atoms with Gasteiger partial charge >= 0.3 is 5.97 Å². The predicted octanol–water partition coefficient (Wildman–Crippen LogP) is 1.91. The number of carbonyl (C=O) groups excluding carboxylic acids is 2. The molecule has 1 rings (SSSR count). The van der Waals surface area contributed by atoms with Crippen LogP contribution in [0.4, 0.5) is 0 Å². The van der Waals surface area contributed by atoms with Gasteiger partial charge in [-0.25, -0.2) is 4.79 Å². The lowest BCUT2D eigenvalue weighted by molar-refractivity contribution is -0.148. The summed E-state index contributed by atoms with van der Waals surface area (Å²) in [7, 11) is 1.54. The minimum atomic E-state index is -0.964. The number of amides is 1. The molecule has 0 aliphatic heterocycles. The summed E-state index contributed by atoms with van der Waals surface area (Å²) in [5, 5.41) is 0. The molecule has 0 saturated carbocycles. The third-order valence-corrected chi connectivity index (χ3v) is 2.66. The van der Waals surface area contributed by atoms with Crippen LogP contribution in [-0.4, -0.2) is 31.2 Å². The van der Waals surface area contributed by atoms with Gasteiger partial charge in [0, 0.05) is 6.08 Å². The van der Waals surface area contributed by atoms with Crippen LogP contribution in [0.3, 0.4) is 0 Å². The number of rotatable bonds is 7. The van der Waals surface area contributed by atoms with E-state index >= 15 is 0 Å². The molecule has 120 valence electrons. The van der Waals surface area contributed by atoms with Crippen molar-refractivity contribution in [3.05, 3.63) is 29.8 Å². The first-order valence-corrected chi connectivity index (χ1v) is 6.86. The molecule has 0 radical (unpaired) electrons. The molecule has 0 saturated heterocycles. The van der Waals surface area contributed by atoms with E-state index in [0.717, 1.165) is 5.56 Å². The maximum atomic E-state index is 11.5. The van der Waals surface area contributed by atoms with Crippen molar-refractivity contribution in [1.82, 2.24) is 0 Å². The van der Waals surface area contributed by atoms with Gasteiger partial charge in [-0.3, -0.25) is 4.79 Å². The molecule has 0 fully saturated rings. The van der Waals surface area contributed by atoms with Crippen LogP contribution in [0.2, 0.25) is 0 Å². The molecule has 0 spiro atoms. The zero-order chi connectivity index (χ0) is 16.7. The quantitative estimate of drug-likeness (QED) is 0.614. The Morgan fingerprint density at radius 3 is 2.41 bits per heavy atom. The molecule has 2 N–H and O–H groups in total. The van der Waals surface area contributed by atoms with Crippen LogP contribution >= 0.6 is 0 Å². The average molecular weight is 307 g/mol. The van der Waals surface area contributed by atoms with Gasteiger partial charge in [0.1, 0.15) is 0 Å². The second-order valence-corrected chi connectivity index (χ2v) is 4.89. The van der Waals surface area contributed by atoms with E-state index in [1.165, 1.54) is 13.0 Å². The average Bonchev–Trinajstić information content (AvgIpc) is 2.45. The van der Waals surface area contributed by atoms with Crippen molar-refractivity contribution in [2.75, 3.05) is 7.11 Å². The number of ether oxygens (including phenoxy) is 3. The van der Waals surface area contributed by atoms with Crippen LogP contribution in [0, 0.1) is 0 Å². The molecule has 0 bridgehead atoms. The Morgan fingerprint density at radius 1 is 1.18 bits per heavy atom. The molecule has 0 unspecified atom stereocenters. The third-order valence-electron chi connectivity index (χ3n) is 2.66. The summed E-state index contributed by atoms with van der Waals surface area (Å²) in [5.41, 5.74) is 5.75. The molecule has 1 atom stereocenters. The number of hydrogen-bond donors (Lipinski definition) is 1. The summed E-state index contributed by atoms with van der Waals surface area (Å²) in [6.45, 7) is 5.25. The van der Waals surface area contributed by atoms with Crippen LogP contribution in [0.15, 0.2) is 24.3 Å². The maximum absolute atomic E-state index is 11.5. The van der Waals surface area contributed by atoms with Gasteiger partial charge in [-0.1, -0.05) is 6.07 Å². The Labute approximate surface area is 129 Å². The number of primary amides is 1. The first-order chi connectivity index (χ1) is 10.3. The predicted molar refractivity (Wildman–Crippen MR) is 82.5 cm³/mol. The Balaban J connectivity index is 2.79. The summed E-state index contributed by atoms with van der Waals surface area (Å²) in [6, 6.07) is 5.27. The molecular weight excluding hydrogens is 286 g/mol. The zero-order valence-electron chi connectivity index (χ0n) is 13.2. The van der Waals surface area contributed by atoms with Crippen LogP contribution in [0.5, 0.6) is 11.5 Å². The van der Waals surface area contributed by atoms with Crippen LogP contribution < -0.4 is 15.2 Å². The Kier molecular flexibility index (Phi) is 6.44. The summed E-state index contributed by atoms with van der Waals surface area (Å²) < 4.78 is 15.7. The standard InChI is InChI=1S/C16H21NO5/c1-10(2)21-13-7-5-12(9-14(13)20-4)6-8-15(18)22-11(3)16(17)19/h5-11H,1-4H3,(H2,17,19)/b8-6+/t11-/m0/s1. The van der Waals surface area contributed by atoms with E-state index in [1.807, 2.05) is 13.8 Å². The molecule has 6 nitrogen and oxygen atoms in total. The van der Waals surface area contributed by atoms with E-state index in [-0.39, 0.29) is 6.10 Å². The lowest BCUT2D eigenvalue weighted by Gasteiger charge is -2.13. The van der Waals surface area contributed by atoms with Gasteiger partial charge in [-0.2, -0.15) is 0 Å². The molecular formula is C16H21NO5. The third kappa shape index (κ3) is 5.47. The van der Waals surface area contributed by atoms with E-state index in [4.69, 9.17) is 19.9 Å². The van der Waals surface area contributed by atoms with E-state index in [1.54, 1.807) is 31.4 Å². The summed E-state index contributed by atoms with van der Waals surface area (Å²) in [5.74, 6) is -0.152. The minimum absolute atomic E-state index is 0.0283. The second kappa shape index (κ2) is 8.07. The van der Waals surface area contributed by atoms with Gasteiger partial charge in [0.15, 0.2) is 17.6 Å². The Hall–Kier alpha value is -2.50. The first kappa shape index (κ1) is 17.6. The molecule has 0 aliphatic rings. The zero-order valence-corrected chi connectivity index (χ0v) is 13.2. The lowest BCUT2D eigenvalue weighted by atomic mass is 10.2. The van der Waals surface area contributed by atoms with Gasteiger partial charge in [-0.05, 0) is 44.5 Å². The van der Waals surface area contributed by atoms with E-state index in [0.29, 0.717) is 11.5 Å². The second-order valence-electron chi connectivity index (χ2n) is 4.89. The van der Waals surface area contributed by atoms with Gasteiger partial charge < -0.3 is 19.9 Å². The molecule has 1 amide bonds. The molecule has 0 heterocycles.